The maximum absolute atomic E-state index is 12.9. The van der Waals surface area contributed by atoms with Gasteiger partial charge < -0.3 is 14.7 Å². The highest BCUT2D eigenvalue weighted by atomic mass is 32.2. The van der Waals surface area contributed by atoms with Crippen LogP contribution in [0.1, 0.15) is 42.4 Å². The first-order valence-corrected chi connectivity index (χ1v) is 11.4. The molecule has 1 aromatic carbocycles. The number of likely N-dealkylation sites (N-methyl/N-ethyl adjacent to an activating group) is 1. The van der Waals surface area contributed by atoms with Gasteiger partial charge in [-0.3, -0.25) is 4.79 Å². The summed E-state index contributed by atoms with van der Waals surface area (Å²) in [7, 11) is 6.09. The van der Waals surface area contributed by atoms with Crippen LogP contribution in [0.15, 0.2) is 35.5 Å². The molecule has 0 atom stereocenters. The summed E-state index contributed by atoms with van der Waals surface area (Å²) in [5, 5.41) is 0.766. The first-order chi connectivity index (χ1) is 14.1. The van der Waals surface area contributed by atoms with E-state index < -0.39 is 0 Å². The number of benzene rings is 1. The molecule has 1 aliphatic heterocycles. The highest BCUT2D eigenvalue weighted by Gasteiger charge is 2.21. The lowest BCUT2D eigenvalue weighted by Gasteiger charge is -2.32. The van der Waals surface area contributed by atoms with Crippen LogP contribution in [0.2, 0.25) is 0 Å². The van der Waals surface area contributed by atoms with E-state index in [0.717, 1.165) is 59.7 Å². The number of nitrogens with zero attached hydrogens (tertiary/aromatic N) is 5. The smallest absolute Gasteiger partial charge is 0.253 e. The van der Waals surface area contributed by atoms with Crippen LogP contribution in [0, 0.1) is 0 Å². The lowest BCUT2D eigenvalue weighted by atomic mass is 9.92. The van der Waals surface area contributed by atoms with Gasteiger partial charge in [-0.15, -0.1) is 0 Å². The minimum atomic E-state index is -0.0438. The van der Waals surface area contributed by atoms with E-state index in [4.69, 9.17) is 9.97 Å². The van der Waals surface area contributed by atoms with Gasteiger partial charge in [0.1, 0.15) is 5.82 Å². The Morgan fingerprint density at radius 3 is 2.43 bits per heavy atom. The molecule has 1 aromatic heterocycles. The molecular weight excluding hydrogens is 394 g/mol. The van der Waals surface area contributed by atoms with Crippen molar-refractivity contribution in [2.45, 2.75) is 37.1 Å². The van der Waals surface area contributed by atoms with Crippen LogP contribution < -0.4 is 4.90 Å². The number of aromatic nitrogens is 2. The van der Waals surface area contributed by atoms with Gasteiger partial charge in [0.05, 0.1) is 5.69 Å². The third kappa shape index (κ3) is 5.73. The molecule has 0 bridgehead atoms. The van der Waals surface area contributed by atoms with Crippen LogP contribution in [0.3, 0.4) is 0 Å². The van der Waals surface area contributed by atoms with Crippen LogP contribution in [0.25, 0.3) is 0 Å². The molecule has 0 aliphatic carbocycles. The number of hydrogen-bond acceptors (Lipinski definition) is 6. The van der Waals surface area contributed by atoms with E-state index in [0.29, 0.717) is 0 Å². The standard InChI is InChI=1S/C23H33N5OS/c1-23(2,3)19-15-20(26(4)5)25-22(24-19)30-16-17-8-7-9-18(14-17)21(29)28-12-10-27(6)11-13-28/h7-9,14-15H,10-13,16H2,1-6H3. The average Bonchev–Trinajstić information content (AvgIpc) is 2.71. The van der Waals surface area contributed by atoms with Gasteiger partial charge in [0.2, 0.25) is 0 Å². The Kier molecular flexibility index (Phi) is 7.03. The predicted octanol–water partition coefficient (Wildman–Crippen LogP) is 3.52. The van der Waals surface area contributed by atoms with Crippen LogP contribution >= 0.6 is 11.8 Å². The molecule has 0 saturated carbocycles. The number of anilines is 1. The van der Waals surface area contributed by atoms with Gasteiger partial charge in [-0.1, -0.05) is 44.7 Å². The van der Waals surface area contributed by atoms with Crippen molar-refractivity contribution >= 4 is 23.5 Å². The van der Waals surface area contributed by atoms with Gasteiger partial charge in [0.15, 0.2) is 5.16 Å². The van der Waals surface area contributed by atoms with Crippen LogP contribution in [0.4, 0.5) is 5.82 Å². The monoisotopic (exact) mass is 427 g/mol. The maximum atomic E-state index is 12.9. The van der Waals surface area contributed by atoms with Crippen molar-refractivity contribution in [3.8, 4) is 0 Å². The predicted molar refractivity (Wildman–Crippen MR) is 124 cm³/mol. The molecule has 1 fully saturated rings. The molecule has 0 radical (unpaired) electrons. The van der Waals surface area contributed by atoms with Gasteiger partial charge >= 0.3 is 0 Å². The second-order valence-corrected chi connectivity index (χ2v) is 10.1. The fraction of sp³-hybridized carbons (Fsp3) is 0.522. The molecule has 0 unspecified atom stereocenters. The van der Waals surface area contributed by atoms with Gasteiger partial charge in [-0.2, -0.15) is 0 Å². The van der Waals surface area contributed by atoms with Crippen molar-refractivity contribution in [3.05, 3.63) is 47.2 Å². The van der Waals surface area contributed by atoms with E-state index in [1.807, 2.05) is 42.1 Å². The number of thioether (sulfide) groups is 1. The summed E-state index contributed by atoms with van der Waals surface area (Å²) in [4.78, 5) is 28.6. The summed E-state index contributed by atoms with van der Waals surface area (Å²) in [5.41, 5.74) is 2.85. The topological polar surface area (TPSA) is 52.6 Å². The number of piperazine rings is 1. The van der Waals surface area contributed by atoms with Crippen molar-refractivity contribution in [2.75, 3.05) is 52.2 Å². The Hall–Kier alpha value is -2.12. The molecule has 0 spiro atoms. The fourth-order valence-corrected chi connectivity index (χ4v) is 4.02. The van der Waals surface area contributed by atoms with Gasteiger partial charge in [0, 0.05) is 63.1 Å². The van der Waals surface area contributed by atoms with Crippen molar-refractivity contribution in [1.82, 2.24) is 19.8 Å². The number of hydrogen-bond donors (Lipinski definition) is 0. The Morgan fingerprint density at radius 2 is 1.80 bits per heavy atom. The zero-order valence-corrected chi connectivity index (χ0v) is 19.8. The molecule has 1 saturated heterocycles. The van der Waals surface area contributed by atoms with Crippen LogP contribution in [-0.4, -0.2) is 73.0 Å². The maximum Gasteiger partial charge on any atom is 0.253 e. The largest absolute Gasteiger partial charge is 0.363 e. The fourth-order valence-electron chi connectivity index (χ4n) is 3.22. The van der Waals surface area contributed by atoms with E-state index in [-0.39, 0.29) is 11.3 Å². The summed E-state index contributed by atoms with van der Waals surface area (Å²) >= 11 is 1.61. The van der Waals surface area contributed by atoms with E-state index >= 15 is 0 Å². The summed E-state index contributed by atoms with van der Waals surface area (Å²) in [6.07, 6.45) is 0. The Bertz CT molecular complexity index is 885. The van der Waals surface area contributed by atoms with E-state index in [1.165, 1.54) is 0 Å². The Morgan fingerprint density at radius 1 is 1.10 bits per heavy atom. The van der Waals surface area contributed by atoms with E-state index in [1.54, 1.807) is 11.8 Å². The quantitative estimate of drug-likeness (QED) is 0.538. The van der Waals surface area contributed by atoms with Crippen LogP contribution in [-0.2, 0) is 11.2 Å². The molecule has 162 valence electrons. The van der Waals surface area contributed by atoms with E-state index in [9.17, 15) is 4.79 Å². The Balaban J connectivity index is 1.73. The first-order valence-electron chi connectivity index (χ1n) is 10.4. The molecule has 30 heavy (non-hydrogen) atoms. The molecule has 1 aliphatic rings. The lowest BCUT2D eigenvalue weighted by molar-refractivity contribution is 0.0664. The number of carbonyl (C=O) groups excluding carboxylic acids is 1. The highest BCUT2D eigenvalue weighted by Crippen LogP contribution is 2.28. The third-order valence-electron chi connectivity index (χ3n) is 5.25. The zero-order valence-electron chi connectivity index (χ0n) is 19.0. The van der Waals surface area contributed by atoms with Crippen molar-refractivity contribution in [2.24, 2.45) is 0 Å². The molecule has 7 heteroatoms. The Labute approximate surface area is 184 Å². The van der Waals surface area contributed by atoms with Crippen molar-refractivity contribution < 1.29 is 4.79 Å². The molecule has 6 nitrogen and oxygen atoms in total. The third-order valence-corrected chi connectivity index (χ3v) is 6.17. The molecule has 0 N–H and O–H groups in total. The van der Waals surface area contributed by atoms with Crippen molar-refractivity contribution in [1.29, 1.82) is 0 Å². The van der Waals surface area contributed by atoms with Gasteiger partial charge in [-0.25, -0.2) is 9.97 Å². The molecular formula is C23H33N5OS. The summed E-state index contributed by atoms with van der Waals surface area (Å²) in [6.45, 7) is 9.92. The number of amides is 1. The minimum Gasteiger partial charge on any atom is -0.363 e. The molecule has 3 rings (SSSR count). The second kappa shape index (κ2) is 9.35. The first kappa shape index (κ1) is 22.6. The normalized spacial score (nSPS) is 15.3. The number of carbonyl (C=O) groups is 1. The minimum absolute atomic E-state index is 0.0438. The molecule has 2 heterocycles. The summed E-state index contributed by atoms with van der Waals surface area (Å²) in [5.74, 6) is 1.76. The summed E-state index contributed by atoms with van der Waals surface area (Å²) < 4.78 is 0. The van der Waals surface area contributed by atoms with Crippen LogP contribution in [0.5, 0.6) is 0 Å². The number of rotatable bonds is 5. The van der Waals surface area contributed by atoms with E-state index in [2.05, 4.69) is 44.9 Å². The SMILES string of the molecule is CN1CCN(C(=O)c2cccc(CSc3nc(N(C)C)cc(C(C)(C)C)n3)c2)CC1. The lowest BCUT2D eigenvalue weighted by Crippen LogP contribution is -2.47. The average molecular weight is 428 g/mol. The molecule has 2 aromatic rings. The summed E-state index contributed by atoms with van der Waals surface area (Å²) in [6, 6.07) is 10.0. The second-order valence-electron chi connectivity index (χ2n) is 9.12. The van der Waals surface area contributed by atoms with Gasteiger partial charge in [0.25, 0.3) is 5.91 Å². The molecule has 1 amide bonds. The highest BCUT2D eigenvalue weighted by molar-refractivity contribution is 7.98. The zero-order chi connectivity index (χ0) is 21.9. The van der Waals surface area contributed by atoms with Gasteiger partial charge in [-0.05, 0) is 24.7 Å². The van der Waals surface area contributed by atoms with Crippen molar-refractivity contribution in [3.63, 3.8) is 0 Å².